The second-order valence-corrected chi connectivity index (χ2v) is 8.73. The molecule has 32 heavy (non-hydrogen) atoms. The Bertz CT molecular complexity index is 1250. The van der Waals surface area contributed by atoms with Crippen LogP contribution in [0.3, 0.4) is 0 Å². The van der Waals surface area contributed by atoms with Crippen LogP contribution in [0.15, 0.2) is 60.9 Å². The average molecular weight is 444 g/mol. The first kappa shape index (κ1) is 22.0. The van der Waals surface area contributed by atoms with Crippen molar-refractivity contribution in [2.45, 2.75) is 26.9 Å². The molecule has 5 nitrogen and oxygen atoms in total. The van der Waals surface area contributed by atoms with Gasteiger partial charge in [-0.25, -0.2) is 14.8 Å². The van der Waals surface area contributed by atoms with Crippen LogP contribution < -0.4 is 0 Å². The minimum Gasteiger partial charge on any atom is -0.255 e. The third-order valence-electron chi connectivity index (χ3n) is 4.92. The Morgan fingerprint density at radius 3 is 2.22 bits per heavy atom. The lowest BCUT2D eigenvalue weighted by molar-refractivity contribution is -0.302. The quantitative estimate of drug-likeness (QED) is 0.235. The molecule has 1 atom stereocenters. The Morgan fingerprint density at radius 2 is 1.50 bits per heavy atom. The fourth-order valence-electron chi connectivity index (χ4n) is 3.34. The van der Waals surface area contributed by atoms with Crippen molar-refractivity contribution in [3.63, 3.8) is 0 Å². The van der Waals surface area contributed by atoms with Crippen molar-refractivity contribution in [1.82, 2.24) is 15.0 Å². The monoisotopic (exact) mass is 443 g/mol. The second-order valence-electron chi connectivity index (χ2n) is 7.59. The number of aromatic nitrogens is 3. The van der Waals surface area contributed by atoms with Gasteiger partial charge in [-0.05, 0) is 92.1 Å². The van der Waals surface area contributed by atoms with Crippen LogP contribution in [0.2, 0.25) is 0 Å². The first-order valence-electron chi connectivity index (χ1n) is 10.4. The molecular weight excluding hydrogens is 418 g/mol. The number of hydrogen-bond donors (Lipinski definition) is 0. The molecular formula is C26H25N3O2S. The molecule has 0 spiro atoms. The van der Waals surface area contributed by atoms with Gasteiger partial charge in [0, 0.05) is 22.1 Å². The number of thiophene rings is 1. The lowest BCUT2D eigenvalue weighted by Gasteiger charge is -2.07. The van der Waals surface area contributed by atoms with E-state index in [1.165, 1.54) is 7.11 Å². The normalized spacial score (nSPS) is 12.4. The Hall–Kier alpha value is -3.19. The Labute approximate surface area is 192 Å². The SMILES string of the molecule is COOC(C)c1ccc(/C=C/c2ccnc(-c3cc(C)cc(-c4cc(C)ccn4)n3)c2)s1. The summed E-state index contributed by atoms with van der Waals surface area (Å²) in [6, 6.07) is 16.3. The van der Waals surface area contributed by atoms with Crippen LogP contribution in [0, 0.1) is 13.8 Å². The Kier molecular flexibility index (Phi) is 6.85. The molecule has 0 aliphatic carbocycles. The standard InChI is InChI=1S/C26H25N3O2S/c1-17-9-11-27-22(13-17)24-14-18(2)15-25(29-24)23-16-20(10-12-28-23)5-6-21-7-8-26(32-21)19(3)31-30-4/h5-16,19H,1-4H3/b6-5+. The van der Waals surface area contributed by atoms with E-state index in [4.69, 9.17) is 14.8 Å². The summed E-state index contributed by atoms with van der Waals surface area (Å²) in [5.41, 5.74) is 6.72. The van der Waals surface area contributed by atoms with Gasteiger partial charge in [0.1, 0.15) is 6.10 Å². The molecule has 6 heteroatoms. The van der Waals surface area contributed by atoms with Crippen LogP contribution >= 0.6 is 11.3 Å². The van der Waals surface area contributed by atoms with E-state index in [0.717, 1.165) is 49.2 Å². The summed E-state index contributed by atoms with van der Waals surface area (Å²) in [5.74, 6) is 0. The van der Waals surface area contributed by atoms with Gasteiger partial charge in [-0.2, -0.15) is 0 Å². The van der Waals surface area contributed by atoms with Crippen molar-refractivity contribution in [3.8, 4) is 22.8 Å². The van der Waals surface area contributed by atoms with Gasteiger partial charge in [-0.1, -0.05) is 6.08 Å². The largest absolute Gasteiger partial charge is 0.255 e. The maximum Gasteiger partial charge on any atom is 0.124 e. The summed E-state index contributed by atoms with van der Waals surface area (Å²) >= 11 is 1.68. The minimum absolute atomic E-state index is 0.0934. The molecule has 0 aliphatic heterocycles. The van der Waals surface area contributed by atoms with Crippen molar-refractivity contribution in [2.75, 3.05) is 7.11 Å². The van der Waals surface area contributed by atoms with Crippen molar-refractivity contribution in [2.24, 2.45) is 0 Å². The zero-order chi connectivity index (χ0) is 22.5. The molecule has 0 N–H and O–H groups in total. The molecule has 0 amide bonds. The smallest absolute Gasteiger partial charge is 0.124 e. The van der Waals surface area contributed by atoms with Gasteiger partial charge >= 0.3 is 0 Å². The molecule has 0 radical (unpaired) electrons. The van der Waals surface area contributed by atoms with Crippen LogP contribution in [0.5, 0.6) is 0 Å². The molecule has 0 saturated heterocycles. The second kappa shape index (κ2) is 9.96. The van der Waals surface area contributed by atoms with E-state index < -0.39 is 0 Å². The van der Waals surface area contributed by atoms with Crippen molar-refractivity contribution in [1.29, 1.82) is 0 Å². The fraction of sp³-hybridized carbons (Fsp3) is 0.192. The van der Waals surface area contributed by atoms with Gasteiger partial charge < -0.3 is 0 Å². The highest BCUT2D eigenvalue weighted by Crippen LogP contribution is 2.28. The first-order valence-corrected chi connectivity index (χ1v) is 11.2. The topological polar surface area (TPSA) is 57.1 Å². The van der Waals surface area contributed by atoms with Crippen LogP contribution in [-0.2, 0) is 9.78 Å². The highest BCUT2D eigenvalue weighted by molar-refractivity contribution is 7.13. The molecule has 0 aliphatic rings. The van der Waals surface area contributed by atoms with Crippen LogP contribution in [-0.4, -0.2) is 22.1 Å². The number of aryl methyl sites for hydroxylation is 2. The maximum absolute atomic E-state index is 5.19. The van der Waals surface area contributed by atoms with E-state index >= 15 is 0 Å². The van der Waals surface area contributed by atoms with E-state index in [1.807, 2.05) is 37.5 Å². The molecule has 1 unspecified atom stereocenters. The van der Waals surface area contributed by atoms with Crippen molar-refractivity contribution in [3.05, 3.63) is 87.4 Å². The van der Waals surface area contributed by atoms with Gasteiger partial charge in [-0.15, -0.1) is 11.3 Å². The molecule has 4 rings (SSSR count). The predicted octanol–water partition coefficient (Wildman–Crippen LogP) is 6.69. The van der Waals surface area contributed by atoms with Crippen LogP contribution in [0.4, 0.5) is 0 Å². The van der Waals surface area contributed by atoms with E-state index in [2.05, 4.69) is 66.3 Å². The van der Waals surface area contributed by atoms with Crippen LogP contribution in [0.1, 0.15) is 39.5 Å². The van der Waals surface area contributed by atoms with Crippen LogP contribution in [0.25, 0.3) is 34.9 Å². The third-order valence-corrected chi connectivity index (χ3v) is 6.13. The summed E-state index contributed by atoms with van der Waals surface area (Å²) in [6.07, 6.45) is 7.72. The van der Waals surface area contributed by atoms with E-state index in [0.29, 0.717) is 0 Å². The molecule has 162 valence electrons. The maximum atomic E-state index is 5.19. The summed E-state index contributed by atoms with van der Waals surface area (Å²) in [5, 5.41) is 0. The lowest BCUT2D eigenvalue weighted by atomic mass is 10.1. The van der Waals surface area contributed by atoms with E-state index in [1.54, 1.807) is 11.3 Å². The number of rotatable bonds is 7. The molecule has 4 heterocycles. The van der Waals surface area contributed by atoms with Gasteiger partial charge in [0.05, 0.1) is 29.9 Å². The minimum atomic E-state index is -0.0934. The summed E-state index contributed by atoms with van der Waals surface area (Å²) < 4.78 is 0. The number of hydrogen-bond acceptors (Lipinski definition) is 6. The van der Waals surface area contributed by atoms with Crippen molar-refractivity contribution >= 4 is 23.5 Å². The van der Waals surface area contributed by atoms with E-state index in [9.17, 15) is 0 Å². The predicted molar refractivity (Wildman–Crippen MR) is 130 cm³/mol. The molecule has 4 aromatic rings. The summed E-state index contributed by atoms with van der Waals surface area (Å²) in [4.78, 5) is 26.1. The molecule has 0 saturated carbocycles. The Balaban J connectivity index is 1.59. The summed E-state index contributed by atoms with van der Waals surface area (Å²) in [7, 11) is 1.52. The molecule has 4 aromatic heterocycles. The van der Waals surface area contributed by atoms with E-state index in [-0.39, 0.29) is 6.10 Å². The highest BCUT2D eigenvalue weighted by atomic mass is 32.1. The van der Waals surface area contributed by atoms with Gasteiger partial charge in [-0.3, -0.25) is 9.97 Å². The summed E-state index contributed by atoms with van der Waals surface area (Å²) in [6.45, 7) is 6.09. The van der Waals surface area contributed by atoms with Gasteiger partial charge in [0.15, 0.2) is 0 Å². The third kappa shape index (κ3) is 5.34. The zero-order valence-electron chi connectivity index (χ0n) is 18.6. The number of nitrogens with zero attached hydrogens (tertiary/aromatic N) is 3. The fourth-order valence-corrected chi connectivity index (χ4v) is 4.23. The Morgan fingerprint density at radius 1 is 0.812 bits per heavy atom. The lowest BCUT2D eigenvalue weighted by Crippen LogP contribution is -1.95. The molecule has 0 fully saturated rings. The highest BCUT2D eigenvalue weighted by Gasteiger charge is 2.10. The molecule has 0 aromatic carbocycles. The van der Waals surface area contributed by atoms with Gasteiger partial charge in [0.2, 0.25) is 0 Å². The number of pyridine rings is 3. The zero-order valence-corrected chi connectivity index (χ0v) is 19.4. The molecule has 0 bridgehead atoms. The van der Waals surface area contributed by atoms with Gasteiger partial charge in [0.25, 0.3) is 0 Å². The first-order chi connectivity index (χ1) is 15.5. The average Bonchev–Trinajstić information content (AvgIpc) is 3.27. The van der Waals surface area contributed by atoms with Crippen molar-refractivity contribution < 1.29 is 9.78 Å².